The Hall–Kier alpha value is -2.93. The van der Waals surface area contributed by atoms with Crippen molar-refractivity contribution >= 4 is 11.8 Å². The monoisotopic (exact) mass is 322 g/mol. The van der Waals surface area contributed by atoms with Crippen LogP contribution in [0.4, 0.5) is 10.5 Å². The van der Waals surface area contributed by atoms with Crippen LogP contribution < -0.4 is 11.1 Å². The predicted molar refractivity (Wildman–Crippen MR) is 96.5 cm³/mol. The molecule has 0 fully saturated rings. The highest BCUT2D eigenvalue weighted by Gasteiger charge is 2.02. The van der Waals surface area contributed by atoms with Crippen LogP contribution in [-0.4, -0.2) is 12.6 Å². The molecule has 3 N–H and O–H groups in total. The van der Waals surface area contributed by atoms with Crippen molar-refractivity contribution in [2.24, 2.45) is 0 Å². The first-order valence-electron chi connectivity index (χ1n) is 7.86. The Morgan fingerprint density at radius 3 is 2.71 bits per heavy atom. The lowest BCUT2D eigenvalue weighted by Gasteiger charge is -2.06. The average Bonchev–Trinajstić information content (AvgIpc) is 2.57. The van der Waals surface area contributed by atoms with E-state index in [0.29, 0.717) is 18.7 Å². The number of anilines is 1. The third-order valence-electron chi connectivity index (χ3n) is 3.49. The van der Waals surface area contributed by atoms with E-state index in [9.17, 15) is 4.79 Å². The van der Waals surface area contributed by atoms with E-state index in [1.54, 1.807) is 0 Å². The van der Waals surface area contributed by atoms with Gasteiger partial charge in [-0.2, -0.15) is 0 Å². The molecule has 0 aromatic heterocycles. The summed E-state index contributed by atoms with van der Waals surface area (Å²) in [6.07, 6.45) is 0.0962. The summed E-state index contributed by atoms with van der Waals surface area (Å²) < 4.78 is 5.13. The Bertz CT molecular complexity index is 758. The van der Waals surface area contributed by atoms with Gasteiger partial charge >= 0.3 is 6.09 Å². The topological polar surface area (TPSA) is 64.3 Å². The Kier molecular flexibility index (Phi) is 6.27. The van der Waals surface area contributed by atoms with Gasteiger partial charge in [-0.3, -0.25) is 0 Å². The molecule has 4 heteroatoms. The van der Waals surface area contributed by atoms with Gasteiger partial charge in [0.2, 0.25) is 0 Å². The molecule has 2 rings (SSSR count). The third kappa shape index (κ3) is 5.36. The van der Waals surface area contributed by atoms with Crippen LogP contribution in [0, 0.1) is 25.7 Å². The lowest BCUT2D eigenvalue weighted by Crippen LogP contribution is -2.24. The van der Waals surface area contributed by atoms with Crippen LogP contribution in [0.15, 0.2) is 42.5 Å². The maximum absolute atomic E-state index is 11.6. The van der Waals surface area contributed by atoms with Gasteiger partial charge in [0.1, 0.15) is 6.61 Å². The van der Waals surface area contributed by atoms with Gasteiger partial charge in [-0.1, -0.05) is 48.2 Å². The number of rotatable bonds is 4. The zero-order chi connectivity index (χ0) is 17.4. The number of ether oxygens (including phenoxy) is 1. The molecule has 2 aromatic rings. The molecule has 0 radical (unpaired) electrons. The minimum atomic E-state index is -0.438. The van der Waals surface area contributed by atoms with E-state index < -0.39 is 6.09 Å². The van der Waals surface area contributed by atoms with Crippen LogP contribution in [0.5, 0.6) is 0 Å². The van der Waals surface area contributed by atoms with Gasteiger partial charge in [0, 0.05) is 18.5 Å². The van der Waals surface area contributed by atoms with E-state index in [1.807, 2.05) is 56.3 Å². The summed E-state index contributed by atoms with van der Waals surface area (Å²) in [4.78, 5) is 11.6. The SMILES string of the molecule is Cc1cc(C)c(N)c(C#CCCNC(=O)OCc2ccccc2)c1. The van der Waals surface area contributed by atoms with Crippen LogP contribution in [0.25, 0.3) is 0 Å². The van der Waals surface area contributed by atoms with Crippen molar-refractivity contribution in [3.05, 3.63) is 64.7 Å². The highest BCUT2D eigenvalue weighted by Crippen LogP contribution is 2.18. The smallest absolute Gasteiger partial charge is 0.407 e. The molecule has 0 saturated heterocycles. The van der Waals surface area contributed by atoms with E-state index >= 15 is 0 Å². The molecule has 0 aliphatic carbocycles. The first-order valence-corrected chi connectivity index (χ1v) is 7.86. The fourth-order valence-corrected chi connectivity index (χ4v) is 2.24. The first kappa shape index (κ1) is 17.4. The number of amides is 1. The van der Waals surface area contributed by atoms with E-state index in [2.05, 4.69) is 17.2 Å². The number of hydrogen-bond donors (Lipinski definition) is 2. The number of alkyl carbamates (subject to hydrolysis) is 1. The third-order valence-corrected chi connectivity index (χ3v) is 3.49. The molecule has 2 aromatic carbocycles. The Balaban J connectivity index is 1.74. The van der Waals surface area contributed by atoms with Gasteiger partial charge in [-0.15, -0.1) is 0 Å². The number of nitrogen functional groups attached to an aromatic ring is 1. The van der Waals surface area contributed by atoms with E-state index in [4.69, 9.17) is 10.5 Å². The zero-order valence-corrected chi connectivity index (χ0v) is 14.1. The Labute approximate surface area is 143 Å². The fraction of sp³-hybridized carbons (Fsp3) is 0.250. The lowest BCUT2D eigenvalue weighted by atomic mass is 10.0. The second-order valence-electron chi connectivity index (χ2n) is 5.58. The van der Waals surface area contributed by atoms with Crippen LogP contribution in [0.2, 0.25) is 0 Å². The molecule has 0 atom stereocenters. The lowest BCUT2D eigenvalue weighted by molar-refractivity contribution is 0.140. The molecule has 0 saturated carbocycles. The highest BCUT2D eigenvalue weighted by atomic mass is 16.5. The van der Waals surface area contributed by atoms with Crippen molar-refractivity contribution in [1.29, 1.82) is 0 Å². The highest BCUT2D eigenvalue weighted by molar-refractivity contribution is 5.67. The van der Waals surface area contributed by atoms with E-state index in [-0.39, 0.29) is 6.61 Å². The molecule has 0 unspecified atom stereocenters. The summed E-state index contributed by atoms with van der Waals surface area (Å²) >= 11 is 0. The molecule has 0 aliphatic rings. The Morgan fingerprint density at radius 1 is 1.21 bits per heavy atom. The minimum Gasteiger partial charge on any atom is -0.445 e. The normalized spacial score (nSPS) is 9.75. The van der Waals surface area contributed by atoms with E-state index in [0.717, 1.165) is 22.3 Å². The second-order valence-corrected chi connectivity index (χ2v) is 5.58. The number of aryl methyl sites for hydroxylation is 2. The molecule has 1 amide bonds. The van der Waals surface area contributed by atoms with Crippen LogP contribution >= 0.6 is 0 Å². The largest absolute Gasteiger partial charge is 0.445 e. The number of benzene rings is 2. The van der Waals surface area contributed by atoms with Crippen molar-refractivity contribution in [2.45, 2.75) is 26.9 Å². The fourth-order valence-electron chi connectivity index (χ4n) is 2.24. The summed E-state index contributed by atoms with van der Waals surface area (Å²) in [5.41, 5.74) is 10.7. The van der Waals surface area contributed by atoms with Crippen LogP contribution in [-0.2, 0) is 11.3 Å². The van der Waals surface area contributed by atoms with Gasteiger partial charge in [0.25, 0.3) is 0 Å². The van der Waals surface area contributed by atoms with Crippen molar-refractivity contribution in [3.8, 4) is 11.8 Å². The molecule has 24 heavy (non-hydrogen) atoms. The van der Waals surface area contributed by atoms with E-state index in [1.165, 1.54) is 0 Å². The average molecular weight is 322 g/mol. The second kappa shape index (κ2) is 8.64. The molecule has 4 nitrogen and oxygen atoms in total. The van der Waals surface area contributed by atoms with Crippen LogP contribution in [0.3, 0.4) is 0 Å². The Morgan fingerprint density at radius 2 is 1.96 bits per heavy atom. The summed E-state index contributed by atoms with van der Waals surface area (Å²) in [5, 5.41) is 2.68. The molecular formula is C20H22N2O2. The van der Waals surface area contributed by atoms with Gasteiger partial charge in [0.05, 0.1) is 5.69 Å². The summed E-state index contributed by atoms with van der Waals surface area (Å²) in [5.74, 6) is 6.08. The number of hydrogen-bond acceptors (Lipinski definition) is 3. The van der Waals surface area contributed by atoms with Gasteiger partial charge in [-0.25, -0.2) is 4.79 Å². The maximum Gasteiger partial charge on any atom is 0.407 e. The summed E-state index contributed by atoms with van der Waals surface area (Å²) in [6, 6.07) is 13.6. The summed E-state index contributed by atoms with van der Waals surface area (Å²) in [7, 11) is 0. The quantitative estimate of drug-likeness (QED) is 0.514. The molecule has 0 spiro atoms. The van der Waals surface area contributed by atoms with Gasteiger partial charge < -0.3 is 15.8 Å². The minimum absolute atomic E-state index is 0.261. The predicted octanol–water partition coefficient (Wildman–Crippen LogP) is 3.55. The summed E-state index contributed by atoms with van der Waals surface area (Å²) in [6.45, 7) is 4.68. The maximum atomic E-state index is 11.6. The number of carbonyl (C=O) groups excluding carboxylic acids is 1. The van der Waals surface area contributed by atoms with Gasteiger partial charge in [-0.05, 0) is 36.6 Å². The van der Waals surface area contributed by atoms with Crippen molar-refractivity contribution in [2.75, 3.05) is 12.3 Å². The van der Waals surface area contributed by atoms with Crippen LogP contribution in [0.1, 0.15) is 28.7 Å². The van der Waals surface area contributed by atoms with Crippen molar-refractivity contribution in [3.63, 3.8) is 0 Å². The zero-order valence-electron chi connectivity index (χ0n) is 14.1. The molecular weight excluding hydrogens is 300 g/mol. The number of carbonyl (C=O) groups is 1. The standard InChI is InChI=1S/C20H22N2O2/c1-15-12-16(2)19(21)18(13-15)10-6-7-11-22-20(23)24-14-17-8-4-3-5-9-17/h3-5,8-9,12-13H,7,11,14,21H2,1-2H3,(H,22,23). The molecule has 124 valence electrons. The molecule has 0 heterocycles. The number of nitrogens with two attached hydrogens (primary N) is 1. The molecule has 0 bridgehead atoms. The van der Waals surface area contributed by atoms with Crippen molar-refractivity contribution < 1.29 is 9.53 Å². The molecule has 0 aliphatic heterocycles. The van der Waals surface area contributed by atoms with Gasteiger partial charge in [0.15, 0.2) is 0 Å². The number of nitrogens with one attached hydrogen (secondary N) is 1. The van der Waals surface area contributed by atoms with Crippen molar-refractivity contribution in [1.82, 2.24) is 5.32 Å². The first-order chi connectivity index (χ1) is 11.6.